The lowest BCUT2D eigenvalue weighted by Gasteiger charge is -2.16. The molecule has 0 atom stereocenters. The molecular weight excluding hydrogens is 633 g/mol. The smallest absolute Gasteiger partial charge is 0.160 e. The molecule has 10 aromatic rings. The predicted octanol–water partition coefficient (Wildman–Crippen LogP) is 12.2. The summed E-state index contributed by atoms with van der Waals surface area (Å²) in [7, 11) is 0. The second-order valence-corrected chi connectivity index (χ2v) is 13.0. The molecule has 0 radical (unpaired) electrons. The average molecular weight is 663 g/mol. The van der Waals surface area contributed by atoms with E-state index in [-0.39, 0.29) is 0 Å². The van der Waals surface area contributed by atoms with Crippen LogP contribution in [-0.2, 0) is 0 Å². The highest BCUT2D eigenvalue weighted by atomic mass is 14.9. The van der Waals surface area contributed by atoms with Crippen LogP contribution in [0.25, 0.3) is 99.6 Å². The summed E-state index contributed by atoms with van der Waals surface area (Å²) in [6, 6.07) is 61.3. The lowest BCUT2D eigenvalue weighted by atomic mass is 9.90. The molecule has 0 bridgehead atoms. The Morgan fingerprint density at radius 1 is 0.308 bits per heavy atom. The van der Waals surface area contributed by atoms with Gasteiger partial charge in [-0.1, -0.05) is 152 Å². The molecule has 3 aromatic heterocycles. The quantitative estimate of drug-likeness (QED) is 0.172. The van der Waals surface area contributed by atoms with E-state index in [0.717, 1.165) is 55.9 Å². The van der Waals surface area contributed by atoms with Gasteiger partial charge in [0.15, 0.2) is 5.82 Å². The van der Waals surface area contributed by atoms with E-state index in [1.807, 2.05) is 30.3 Å². The number of hydrogen-bond acceptors (Lipinski definition) is 4. The van der Waals surface area contributed by atoms with E-state index in [9.17, 15) is 0 Å². The van der Waals surface area contributed by atoms with Crippen LogP contribution in [0.4, 0.5) is 0 Å². The van der Waals surface area contributed by atoms with E-state index in [2.05, 4.69) is 151 Å². The Morgan fingerprint density at radius 2 is 0.846 bits per heavy atom. The molecule has 0 amide bonds. The Morgan fingerprint density at radius 3 is 1.56 bits per heavy atom. The number of rotatable bonds is 5. The summed E-state index contributed by atoms with van der Waals surface area (Å²) < 4.78 is 0. The molecule has 0 aliphatic rings. The number of benzene rings is 7. The number of nitrogens with zero attached hydrogens (tertiary/aromatic N) is 4. The Hall–Kier alpha value is -7.04. The monoisotopic (exact) mass is 662 g/mol. The molecule has 0 fully saturated rings. The fraction of sp³-hybridized carbons (Fsp3) is 0. The van der Waals surface area contributed by atoms with E-state index >= 15 is 0 Å². The maximum atomic E-state index is 5.34. The van der Waals surface area contributed by atoms with Gasteiger partial charge in [0, 0.05) is 39.0 Å². The van der Waals surface area contributed by atoms with Crippen LogP contribution in [0, 0.1) is 0 Å². The van der Waals surface area contributed by atoms with Crippen molar-refractivity contribution < 1.29 is 0 Å². The fourth-order valence-corrected chi connectivity index (χ4v) is 7.45. The second-order valence-electron chi connectivity index (χ2n) is 13.0. The molecule has 0 aliphatic carbocycles. The van der Waals surface area contributed by atoms with Crippen LogP contribution in [0.2, 0.25) is 0 Å². The third-order valence-electron chi connectivity index (χ3n) is 9.93. The van der Waals surface area contributed by atoms with Gasteiger partial charge in [0.1, 0.15) is 0 Å². The molecule has 0 N–H and O–H groups in total. The van der Waals surface area contributed by atoms with Gasteiger partial charge in [0.25, 0.3) is 0 Å². The number of para-hydroxylation sites is 1. The van der Waals surface area contributed by atoms with Gasteiger partial charge >= 0.3 is 0 Å². The topological polar surface area (TPSA) is 51.6 Å². The molecule has 10 rings (SSSR count). The maximum absolute atomic E-state index is 5.34. The van der Waals surface area contributed by atoms with Crippen molar-refractivity contribution in [2.75, 3.05) is 0 Å². The minimum absolute atomic E-state index is 0.655. The summed E-state index contributed by atoms with van der Waals surface area (Å²) in [4.78, 5) is 20.1. The Balaban J connectivity index is 1.13. The predicted molar refractivity (Wildman–Crippen MR) is 215 cm³/mol. The van der Waals surface area contributed by atoms with Gasteiger partial charge in [0.2, 0.25) is 0 Å². The summed E-state index contributed by atoms with van der Waals surface area (Å²) in [5.41, 5.74) is 9.67. The van der Waals surface area contributed by atoms with Crippen molar-refractivity contribution >= 4 is 43.2 Å². The molecule has 0 aliphatic heterocycles. The molecule has 0 saturated carbocycles. The van der Waals surface area contributed by atoms with Crippen LogP contribution in [0.5, 0.6) is 0 Å². The van der Waals surface area contributed by atoms with Crippen LogP contribution in [0.15, 0.2) is 182 Å². The van der Waals surface area contributed by atoms with Crippen molar-refractivity contribution in [1.82, 2.24) is 19.9 Å². The molecule has 7 aromatic carbocycles. The Kier molecular flexibility index (Phi) is 7.10. The maximum Gasteiger partial charge on any atom is 0.160 e. The van der Waals surface area contributed by atoms with Gasteiger partial charge in [-0.25, -0.2) is 15.0 Å². The highest BCUT2D eigenvalue weighted by Gasteiger charge is 2.18. The molecule has 242 valence electrons. The normalized spacial score (nSPS) is 11.5. The molecule has 52 heavy (non-hydrogen) atoms. The fourth-order valence-electron chi connectivity index (χ4n) is 7.45. The molecule has 4 heteroatoms. The summed E-state index contributed by atoms with van der Waals surface area (Å²) in [5.74, 6) is 0.655. The zero-order valence-electron chi connectivity index (χ0n) is 28.1. The van der Waals surface area contributed by atoms with Crippen LogP contribution in [0.1, 0.15) is 0 Å². The zero-order chi connectivity index (χ0) is 34.4. The molecule has 0 spiro atoms. The lowest BCUT2D eigenvalue weighted by molar-refractivity contribution is 1.16. The molecular formula is C48H30N4. The van der Waals surface area contributed by atoms with Crippen LogP contribution in [0.3, 0.4) is 0 Å². The van der Waals surface area contributed by atoms with Gasteiger partial charge in [0.05, 0.1) is 28.3 Å². The first-order chi connectivity index (χ1) is 25.8. The van der Waals surface area contributed by atoms with Crippen molar-refractivity contribution in [3.05, 3.63) is 182 Å². The summed E-state index contributed by atoms with van der Waals surface area (Å²) >= 11 is 0. The van der Waals surface area contributed by atoms with Gasteiger partial charge in [-0.15, -0.1) is 0 Å². The van der Waals surface area contributed by atoms with E-state index in [1.54, 1.807) is 6.20 Å². The molecule has 3 heterocycles. The first-order valence-electron chi connectivity index (χ1n) is 17.5. The largest absolute Gasteiger partial charge is 0.255 e. The van der Waals surface area contributed by atoms with Crippen molar-refractivity contribution in [3.63, 3.8) is 0 Å². The van der Waals surface area contributed by atoms with Gasteiger partial charge in [-0.2, -0.15) is 0 Å². The van der Waals surface area contributed by atoms with Crippen molar-refractivity contribution in [3.8, 4) is 56.4 Å². The summed E-state index contributed by atoms with van der Waals surface area (Å²) in [6.45, 7) is 0. The van der Waals surface area contributed by atoms with Crippen molar-refractivity contribution in [2.24, 2.45) is 0 Å². The second kappa shape index (κ2) is 12.4. The minimum Gasteiger partial charge on any atom is -0.255 e. The summed E-state index contributed by atoms with van der Waals surface area (Å²) in [5, 5.41) is 8.48. The van der Waals surface area contributed by atoms with Gasteiger partial charge in [-0.05, 0) is 56.9 Å². The SMILES string of the molecule is c1ccc(-c2ccc(-c3nc(-c4ccc(-c5nc6ccccc6c6c7ccccc7c7ccccc7c56)cc4)cc(-c4ccccn4)n3)cc2)cc1. The Bertz CT molecular complexity index is 2920. The number of pyridine rings is 2. The minimum atomic E-state index is 0.655. The van der Waals surface area contributed by atoms with Crippen LogP contribution in [-0.4, -0.2) is 19.9 Å². The van der Waals surface area contributed by atoms with E-state index in [1.165, 1.54) is 37.9 Å². The third kappa shape index (κ3) is 5.09. The lowest BCUT2D eigenvalue weighted by Crippen LogP contribution is -1.97. The summed E-state index contributed by atoms with van der Waals surface area (Å²) in [6.07, 6.45) is 1.80. The van der Waals surface area contributed by atoms with Crippen LogP contribution >= 0.6 is 0 Å². The van der Waals surface area contributed by atoms with E-state index < -0.39 is 0 Å². The first-order valence-corrected chi connectivity index (χ1v) is 17.5. The molecule has 0 saturated heterocycles. The van der Waals surface area contributed by atoms with Crippen molar-refractivity contribution in [1.29, 1.82) is 0 Å². The van der Waals surface area contributed by atoms with Gasteiger partial charge < -0.3 is 0 Å². The van der Waals surface area contributed by atoms with E-state index in [4.69, 9.17) is 15.0 Å². The van der Waals surface area contributed by atoms with Crippen LogP contribution < -0.4 is 0 Å². The van der Waals surface area contributed by atoms with E-state index in [0.29, 0.717) is 5.82 Å². The Labute approximate surface area is 300 Å². The van der Waals surface area contributed by atoms with Crippen molar-refractivity contribution in [2.45, 2.75) is 0 Å². The number of fused-ring (bicyclic) bond motifs is 8. The van der Waals surface area contributed by atoms with Gasteiger partial charge in [-0.3, -0.25) is 4.98 Å². The number of hydrogen-bond donors (Lipinski definition) is 0. The number of aromatic nitrogens is 4. The molecule has 0 unspecified atom stereocenters. The zero-order valence-corrected chi connectivity index (χ0v) is 28.1. The highest BCUT2D eigenvalue weighted by molar-refractivity contribution is 6.33. The standard InChI is InChI=1S/C48H30N4/c1-2-12-31(13-3-1)32-21-27-35(28-22-32)48-51-43(30-44(52-48)42-20-10-11-29-49-42)33-23-25-34(26-24-33)47-46-39-17-7-5-15-37(39)36-14-4-6-16-38(36)45(46)40-18-8-9-19-41(40)50-47/h1-30H. The highest BCUT2D eigenvalue weighted by Crippen LogP contribution is 2.43. The third-order valence-corrected chi connectivity index (χ3v) is 9.93. The molecule has 4 nitrogen and oxygen atoms in total. The average Bonchev–Trinajstić information content (AvgIpc) is 3.24. The first kappa shape index (κ1) is 29.8.